The van der Waals surface area contributed by atoms with Gasteiger partial charge in [0.15, 0.2) is 0 Å². The third kappa shape index (κ3) is 2.76. The fourth-order valence-electron chi connectivity index (χ4n) is 2.54. The van der Waals surface area contributed by atoms with Crippen molar-refractivity contribution in [2.45, 2.75) is 32.5 Å². The SMILES string of the molecule is Cc1ccc(N2CC(CO)OC(C)(C)C2)c(N)c1. The molecule has 0 spiro atoms. The number of aliphatic hydroxyl groups is 1. The molecular formula is C14H22N2O2. The van der Waals surface area contributed by atoms with Crippen LogP contribution in [-0.4, -0.2) is 36.5 Å². The summed E-state index contributed by atoms with van der Waals surface area (Å²) in [5.74, 6) is 0. The predicted octanol–water partition coefficient (Wildman–Crippen LogP) is 1.55. The van der Waals surface area contributed by atoms with Crippen LogP contribution in [0.15, 0.2) is 18.2 Å². The largest absolute Gasteiger partial charge is 0.397 e. The molecule has 1 heterocycles. The van der Waals surface area contributed by atoms with Gasteiger partial charge in [0.05, 0.1) is 29.7 Å². The third-order valence-corrected chi connectivity index (χ3v) is 3.21. The standard InChI is InChI=1S/C14H22N2O2/c1-10-4-5-13(12(15)6-10)16-7-11(8-17)18-14(2,3)9-16/h4-6,11,17H,7-9,15H2,1-3H3. The Bertz CT molecular complexity index is 432. The van der Waals surface area contributed by atoms with E-state index < -0.39 is 0 Å². The van der Waals surface area contributed by atoms with Crippen LogP contribution in [0.25, 0.3) is 0 Å². The number of benzene rings is 1. The molecule has 0 amide bonds. The quantitative estimate of drug-likeness (QED) is 0.782. The number of hydrogen-bond donors (Lipinski definition) is 2. The van der Waals surface area contributed by atoms with Crippen molar-refractivity contribution in [1.82, 2.24) is 0 Å². The van der Waals surface area contributed by atoms with Crippen LogP contribution < -0.4 is 10.6 Å². The number of nitrogens with two attached hydrogens (primary N) is 1. The fourth-order valence-corrected chi connectivity index (χ4v) is 2.54. The minimum Gasteiger partial charge on any atom is -0.397 e. The van der Waals surface area contributed by atoms with Gasteiger partial charge in [0.25, 0.3) is 0 Å². The number of hydrogen-bond acceptors (Lipinski definition) is 4. The molecule has 2 rings (SSSR count). The monoisotopic (exact) mass is 250 g/mol. The van der Waals surface area contributed by atoms with Crippen LogP contribution in [0.4, 0.5) is 11.4 Å². The van der Waals surface area contributed by atoms with Crippen molar-refractivity contribution in [2.24, 2.45) is 0 Å². The Morgan fingerprint density at radius 3 is 2.83 bits per heavy atom. The first-order valence-corrected chi connectivity index (χ1v) is 6.31. The van der Waals surface area contributed by atoms with Gasteiger partial charge in [-0.1, -0.05) is 6.07 Å². The summed E-state index contributed by atoms with van der Waals surface area (Å²) < 4.78 is 5.81. The van der Waals surface area contributed by atoms with Crippen LogP contribution in [0.3, 0.4) is 0 Å². The van der Waals surface area contributed by atoms with E-state index >= 15 is 0 Å². The molecule has 100 valence electrons. The normalized spacial score (nSPS) is 23.1. The number of ether oxygens (including phenoxy) is 1. The minimum absolute atomic E-state index is 0.0334. The number of anilines is 2. The lowest BCUT2D eigenvalue weighted by Crippen LogP contribution is -2.54. The maximum Gasteiger partial charge on any atom is 0.0988 e. The minimum atomic E-state index is -0.275. The number of rotatable bonds is 2. The summed E-state index contributed by atoms with van der Waals surface area (Å²) in [4.78, 5) is 2.19. The molecule has 1 aromatic rings. The maximum atomic E-state index is 9.32. The van der Waals surface area contributed by atoms with E-state index in [1.807, 2.05) is 32.9 Å². The number of nitrogens with zero attached hydrogens (tertiary/aromatic N) is 1. The van der Waals surface area contributed by atoms with Crippen LogP contribution >= 0.6 is 0 Å². The molecule has 1 aliphatic heterocycles. The lowest BCUT2D eigenvalue weighted by molar-refractivity contribution is -0.100. The van der Waals surface area contributed by atoms with Crippen LogP contribution in [0.1, 0.15) is 19.4 Å². The van der Waals surface area contributed by atoms with Gasteiger partial charge in [-0.2, -0.15) is 0 Å². The second-order valence-electron chi connectivity index (χ2n) is 5.62. The number of aliphatic hydroxyl groups excluding tert-OH is 1. The molecule has 0 aromatic heterocycles. The van der Waals surface area contributed by atoms with Gasteiger partial charge in [0.1, 0.15) is 0 Å². The summed E-state index contributed by atoms with van der Waals surface area (Å²) in [5, 5.41) is 9.32. The molecule has 18 heavy (non-hydrogen) atoms. The highest BCUT2D eigenvalue weighted by Crippen LogP contribution is 2.30. The second-order valence-corrected chi connectivity index (χ2v) is 5.62. The molecule has 4 nitrogen and oxygen atoms in total. The molecule has 0 bridgehead atoms. The van der Waals surface area contributed by atoms with E-state index in [-0.39, 0.29) is 18.3 Å². The van der Waals surface area contributed by atoms with Crippen molar-refractivity contribution < 1.29 is 9.84 Å². The smallest absolute Gasteiger partial charge is 0.0988 e. The van der Waals surface area contributed by atoms with Gasteiger partial charge in [-0.3, -0.25) is 0 Å². The number of morpholine rings is 1. The van der Waals surface area contributed by atoms with Gasteiger partial charge in [0.2, 0.25) is 0 Å². The summed E-state index contributed by atoms with van der Waals surface area (Å²) in [7, 11) is 0. The number of aryl methyl sites for hydroxylation is 1. The second kappa shape index (κ2) is 4.78. The zero-order chi connectivity index (χ0) is 13.3. The summed E-state index contributed by atoms with van der Waals surface area (Å²) in [5.41, 5.74) is 8.77. The molecule has 0 radical (unpaired) electrons. The highest BCUT2D eigenvalue weighted by Gasteiger charge is 2.33. The Kier molecular flexibility index (Phi) is 3.50. The number of nitrogen functional groups attached to an aromatic ring is 1. The van der Waals surface area contributed by atoms with E-state index in [4.69, 9.17) is 10.5 Å². The summed E-state index contributed by atoms with van der Waals surface area (Å²) in [6, 6.07) is 6.08. The van der Waals surface area contributed by atoms with Crippen molar-refractivity contribution in [3.8, 4) is 0 Å². The molecule has 1 atom stereocenters. The molecule has 0 aliphatic carbocycles. The molecule has 1 aromatic carbocycles. The van der Waals surface area contributed by atoms with E-state index in [2.05, 4.69) is 11.0 Å². The zero-order valence-corrected chi connectivity index (χ0v) is 11.3. The zero-order valence-electron chi connectivity index (χ0n) is 11.3. The van der Waals surface area contributed by atoms with Gasteiger partial charge >= 0.3 is 0 Å². The highest BCUT2D eigenvalue weighted by molar-refractivity contribution is 5.68. The summed E-state index contributed by atoms with van der Waals surface area (Å²) in [6.45, 7) is 7.58. The van der Waals surface area contributed by atoms with Crippen molar-refractivity contribution in [1.29, 1.82) is 0 Å². The van der Waals surface area contributed by atoms with Crippen LogP contribution in [-0.2, 0) is 4.74 Å². The lowest BCUT2D eigenvalue weighted by Gasteiger charge is -2.43. The molecule has 1 unspecified atom stereocenters. The topological polar surface area (TPSA) is 58.7 Å². The molecule has 1 saturated heterocycles. The molecule has 3 N–H and O–H groups in total. The Labute approximate surface area is 108 Å². The van der Waals surface area contributed by atoms with Gasteiger partial charge in [-0.05, 0) is 38.5 Å². The van der Waals surface area contributed by atoms with Crippen LogP contribution in [0.5, 0.6) is 0 Å². The summed E-state index contributed by atoms with van der Waals surface area (Å²) >= 11 is 0. The molecular weight excluding hydrogens is 228 g/mol. The van der Waals surface area contributed by atoms with Crippen molar-refractivity contribution in [3.05, 3.63) is 23.8 Å². The first kappa shape index (κ1) is 13.2. The Morgan fingerprint density at radius 2 is 2.22 bits per heavy atom. The Balaban J connectivity index is 2.26. The van der Waals surface area contributed by atoms with Crippen LogP contribution in [0.2, 0.25) is 0 Å². The lowest BCUT2D eigenvalue weighted by atomic mass is 10.0. The van der Waals surface area contributed by atoms with E-state index in [0.717, 1.165) is 23.5 Å². The highest BCUT2D eigenvalue weighted by atomic mass is 16.5. The fraction of sp³-hybridized carbons (Fsp3) is 0.571. The average molecular weight is 250 g/mol. The van der Waals surface area contributed by atoms with Gasteiger partial charge in [-0.25, -0.2) is 0 Å². The van der Waals surface area contributed by atoms with Crippen molar-refractivity contribution >= 4 is 11.4 Å². The molecule has 1 fully saturated rings. The molecule has 1 aliphatic rings. The first-order chi connectivity index (χ1) is 8.41. The van der Waals surface area contributed by atoms with E-state index in [1.54, 1.807) is 0 Å². The van der Waals surface area contributed by atoms with E-state index in [1.165, 1.54) is 0 Å². The van der Waals surface area contributed by atoms with Gasteiger partial charge in [0, 0.05) is 13.1 Å². The van der Waals surface area contributed by atoms with E-state index in [9.17, 15) is 5.11 Å². The van der Waals surface area contributed by atoms with Crippen molar-refractivity contribution in [3.63, 3.8) is 0 Å². The van der Waals surface area contributed by atoms with Gasteiger partial charge in [-0.15, -0.1) is 0 Å². The molecule has 4 heteroatoms. The summed E-state index contributed by atoms with van der Waals surface area (Å²) in [6.07, 6.45) is -0.158. The Hall–Kier alpha value is -1.26. The first-order valence-electron chi connectivity index (χ1n) is 6.31. The average Bonchev–Trinajstić information content (AvgIpc) is 2.26. The van der Waals surface area contributed by atoms with Gasteiger partial charge < -0.3 is 20.5 Å². The van der Waals surface area contributed by atoms with E-state index in [0.29, 0.717) is 6.54 Å². The third-order valence-electron chi connectivity index (χ3n) is 3.21. The van der Waals surface area contributed by atoms with Crippen LogP contribution in [0, 0.1) is 6.92 Å². The maximum absolute atomic E-state index is 9.32. The molecule has 0 saturated carbocycles. The van der Waals surface area contributed by atoms with Crippen molar-refractivity contribution in [2.75, 3.05) is 30.3 Å². The predicted molar refractivity (Wildman–Crippen MR) is 73.8 cm³/mol. The Morgan fingerprint density at radius 1 is 1.50 bits per heavy atom.